The first-order chi connectivity index (χ1) is 6.84. The summed E-state index contributed by atoms with van der Waals surface area (Å²) in [5, 5.41) is 3.67. The summed E-state index contributed by atoms with van der Waals surface area (Å²) in [6, 6.07) is 2.00. The minimum absolute atomic E-state index is 0. The Balaban J connectivity index is 0.00000112. The van der Waals surface area contributed by atoms with Crippen LogP contribution in [0.2, 0.25) is 5.15 Å². The molecule has 2 heterocycles. The fourth-order valence-corrected chi connectivity index (χ4v) is 1.57. The Labute approximate surface area is 99.8 Å². The topological polar surface area (TPSA) is 47.0 Å². The summed E-state index contributed by atoms with van der Waals surface area (Å²) in [6.45, 7) is 1.92. The second-order valence-electron chi connectivity index (χ2n) is 3.25. The molecule has 0 spiro atoms. The molecule has 15 heavy (non-hydrogen) atoms. The van der Waals surface area contributed by atoms with Crippen molar-refractivity contribution in [2.45, 2.75) is 18.9 Å². The smallest absolute Gasteiger partial charge is 0.318 e. The van der Waals surface area contributed by atoms with E-state index in [9.17, 15) is 0 Å². The van der Waals surface area contributed by atoms with E-state index in [0.717, 1.165) is 25.9 Å². The van der Waals surface area contributed by atoms with Crippen LogP contribution in [-0.2, 0) is 0 Å². The largest absolute Gasteiger partial charge is 0.459 e. The molecule has 1 aromatic rings. The Morgan fingerprint density at radius 2 is 2.40 bits per heavy atom. The molecule has 2 rings (SSSR count). The Morgan fingerprint density at radius 3 is 3.07 bits per heavy atom. The van der Waals surface area contributed by atoms with Gasteiger partial charge in [-0.25, -0.2) is 4.98 Å². The van der Waals surface area contributed by atoms with E-state index in [1.54, 1.807) is 12.3 Å². The molecule has 1 aromatic heterocycles. The molecule has 1 atom stereocenters. The number of hydrogen-bond donors (Lipinski definition) is 1. The van der Waals surface area contributed by atoms with Crippen LogP contribution in [0.5, 0.6) is 6.01 Å². The molecule has 4 nitrogen and oxygen atoms in total. The molecule has 84 valence electrons. The van der Waals surface area contributed by atoms with E-state index < -0.39 is 0 Å². The zero-order valence-corrected chi connectivity index (χ0v) is 9.72. The van der Waals surface area contributed by atoms with Gasteiger partial charge in [0.05, 0.1) is 0 Å². The highest BCUT2D eigenvalue weighted by Gasteiger charge is 2.15. The number of hydrogen-bond acceptors (Lipinski definition) is 4. The summed E-state index contributed by atoms with van der Waals surface area (Å²) in [5.41, 5.74) is 0. The Hall–Kier alpha value is -0.580. The van der Waals surface area contributed by atoms with Crippen LogP contribution >= 0.6 is 24.0 Å². The van der Waals surface area contributed by atoms with Crippen LogP contribution in [0, 0.1) is 0 Å². The van der Waals surface area contributed by atoms with Crippen LogP contribution < -0.4 is 10.1 Å². The first kappa shape index (κ1) is 12.5. The average Bonchev–Trinajstić information content (AvgIpc) is 2.19. The molecule has 1 N–H and O–H groups in total. The van der Waals surface area contributed by atoms with E-state index in [-0.39, 0.29) is 18.5 Å². The normalized spacial score (nSPS) is 20.5. The molecule has 0 amide bonds. The third-order valence-electron chi connectivity index (χ3n) is 2.12. The molecule has 1 aliphatic heterocycles. The van der Waals surface area contributed by atoms with Crippen LogP contribution in [0.3, 0.4) is 0 Å². The van der Waals surface area contributed by atoms with E-state index in [2.05, 4.69) is 15.3 Å². The van der Waals surface area contributed by atoms with Crippen molar-refractivity contribution in [3.63, 3.8) is 0 Å². The van der Waals surface area contributed by atoms with Gasteiger partial charge in [0, 0.05) is 12.7 Å². The van der Waals surface area contributed by atoms with Gasteiger partial charge in [-0.3, -0.25) is 0 Å². The lowest BCUT2D eigenvalue weighted by molar-refractivity contribution is 0.153. The molecule has 1 saturated heterocycles. The molecule has 0 saturated carbocycles. The van der Waals surface area contributed by atoms with Gasteiger partial charge in [-0.15, -0.1) is 12.4 Å². The fourth-order valence-electron chi connectivity index (χ4n) is 1.45. The number of halogens is 2. The van der Waals surface area contributed by atoms with Crippen LogP contribution in [0.4, 0.5) is 0 Å². The third kappa shape index (κ3) is 3.81. The van der Waals surface area contributed by atoms with Gasteiger partial charge in [-0.05, 0) is 25.5 Å². The number of piperidine rings is 1. The molecule has 0 radical (unpaired) electrons. The second-order valence-corrected chi connectivity index (χ2v) is 3.64. The standard InChI is InChI=1S/C9H12ClN3O.ClH/c10-8-3-5-12-9(13-8)14-7-2-1-4-11-6-7;/h3,5,7,11H,1-2,4,6H2;1H/t7-;/m0./s1. The van der Waals surface area contributed by atoms with Gasteiger partial charge in [-0.1, -0.05) is 11.6 Å². The summed E-state index contributed by atoms with van der Waals surface area (Å²) in [7, 11) is 0. The first-order valence-electron chi connectivity index (χ1n) is 4.70. The maximum Gasteiger partial charge on any atom is 0.318 e. The monoisotopic (exact) mass is 249 g/mol. The number of aromatic nitrogens is 2. The molecule has 0 aromatic carbocycles. The van der Waals surface area contributed by atoms with Gasteiger partial charge < -0.3 is 10.1 Å². The zero-order valence-electron chi connectivity index (χ0n) is 8.15. The molecule has 0 unspecified atom stereocenters. The average molecular weight is 250 g/mol. The summed E-state index contributed by atoms with van der Waals surface area (Å²) >= 11 is 5.72. The third-order valence-corrected chi connectivity index (χ3v) is 2.33. The number of ether oxygens (including phenoxy) is 1. The predicted octanol–water partition coefficient (Wildman–Crippen LogP) is 1.68. The van der Waals surface area contributed by atoms with Gasteiger partial charge in [0.2, 0.25) is 0 Å². The van der Waals surface area contributed by atoms with Gasteiger partial charge in [0.25, 0.3) is 0 Å². The Morgan fingerprint density at radius 1 is 1.53 bits per heavy atom. The van der Waals surface area contributed by atoms with Gasteiger partial charge >= 0.3 is 6.01 Å². The van der Waals surface area contributed by atoms with Crippen molar-refractivity contribution in [3.05, 3.63) is 17.4 Å². The summed E-state index contributed by atoms with van der Waals surface area (Å²) in [5.74, 6) is 0. The van der Waals surface area contributed by atoms with Crippen LogP contribution in [0.15, 0.2) is 12.3 Å². The maximum absolute atomic E-state index is 5.72. The van der Waals surface area contributed by atoms with Crippen LogP contribution in [0.25, 0.3) is 0 Å². The van der Waals surface area contributed by atoms with Crippen LogP contribution in [0.1, 0.15) is 12.8 Å². The van der Waals surface area contributed by atoms with Gasteiger partial charge in [-0.2, -0.15) is 4.98 Å². The molecular formula is C9H13Cl2N3O. The van der Waals surface area contributed by atoms with Crippen LogP contribution in [-0.4, -0.2) is 29.2 Å². The predicted molar refractivity (Wildman–Crippen MR) is 60.8 cm³/mol. The molecular weight excluding hydrogens is 237 g/mol. The Bertz CT molecular complexity index is 305. The summed E-state index contributed by atoms with van der Waals surface area (Å²) in [4.78, 5) is 7.96. The quantitative estimate of drug-likeness (QED) is 0.811. The lowest BCUT2D eigenvalue weighted by Gasteiger charge is -2.22. The SMILES string of the molecule is Cl.Clc1ccnc(O[C@H]2CCCNC2)n1. The Kier molecular flexibility index (Phi) is 5.08. The van der Waals surface area contributed by atoms with Gasteiger partial charge in [0.1, 0.15) is 11.3 Å². The van der Waals surface area contributed by atoms with Crippen molar-refractivity contribution in [1.82, 2.24) is 15.3 Å². The van der Waals surface area contributed by atoms with Crippen molar-refractivity contribution < 1.29 is 4.74 Å². The van der Waals surface area contributed by atoms with Gasteiger partial charge in [0.15, 0.2) is 0 Å². The highest BCUT2D eigenvalue weighted by molar-refractivity contribution is 6.29. The lowest BCUT2D eigenvalue weighted by atomic mass is 10.1. The molecule has 0 bridgehead atoms. The molecule has 1 fully saturated rings. The minimum atomic E-state index is 0. The summed E-state index contributed by atoms with van der Waals surface area (Å²) in [6.07, 6.45) is 3.94. The second kappa shape index (κ2) is 6.10. The highest BCUT2D eigenvalue weighted by Crippen LogP contribution is 2.12. The fraction of sp³-hybridized carbons (Fsp3) is 0.556. The van der Waals surface area contributed by atoms with E-state index in [4.69, 9.17) is 16.3 Å². The van der Waals surface area contributed by atoms with Crippen molar-refractivity contribution in [3.8, 4) is 6.01 Å². The van der Waals surface area contributed by atoms with E-state index >= 15 is 0 Å². The zero-order chi connectivity index (χ0) is 9.80. The molecule has 6 heteroatoms. The van der Waals surface area contributed by atoms with E-state index in [1.807, 2.05) is 0 Å². The maximum atomic E-state index is 5.72. The van der Waals surface area contributed by atoms with Crippen molar-refractivity contribution in [2.24, 2.45) is 0 Å². The minimum Gasteiger partial charge on any atom is -0.459 e. The first-order valence-corrected chi connectivity index (χ1v) is 5.08. The van der Waals surface area contributed by atoms with Crippen molar-refractivity contribution >= 4 is 24.0 Å². The lowest BCUT2D eigenvalue weighted by Crippen LogP contribution is -2.37. The summed E-state index contributed by atoms with van der Waals surface area (Å²) < 4.78 is 5.57. The highest BCUT2D eigenvalue weighted by atomic mass is 35.5. The van der Waals surface area contributed by atoms with Crippen molar-refractivity contribution in [2.75, 3.05) is 13.1 Å². The van der Waals surface area contributed by atoms with Crippen molar-refractivity contribution in [1.29, 1.82) is 0 Å². The number of nitrogens with one attached hydrogen (secondary N) is 1. The number of nitrogens with zero attached hydrogens (tertiary/aromatic N) is 2. The molecule has 0 aliphatic carbocycles. The number of rotatable bonds is 2. The molecule has 1 aliphatic rings. The van der Waals surface area contributed by atoms with E-state index in [1.165, 1.54) is 0 Å². The van der Waals surface area contributed by atoms with E-state index in [0.29, 0.717) is 11.2 Å².